The van der Waals surface area contributed by atoms with Crippen molar-refractivity contribution in [3.8, 4) is 0 Å². The number of benzene rings is 1. The van der Waals surface area contributed by atoms with Gasteiger partial charge in [0.1, 0.15) is 22.5 Å². The van der Waals surface area contributed by atoms with Crippen molar-refractivity contribution in [1.29, 1.82) is 0 Å². The molecule has 0 saturated carbocycles. The number of aromatic nitrogens is 2. The maximum Gasteiger partial charge on any atom is 0.407 e. The lowest BCUT2D eigenvalue weighted by atomic mass is 10.2. The molecule has 2 aromatic heterocycles. The molecular weight excluding hydrogens is 405 g/mol. The second-order valence-electron chi connectivity index (χ2n) is 5.49. The minimum Gasteiger partial charge on any atom is -0.445 e. The summed E-state index contributed by atoms with van der Waals surface area (Å²) < 4.78 is 19.8. The summed E-state index contributed by atoms with van der Waals surface area (Å²) in [5.74, 6) is -0.524. The van der Waals surface area contributed by atoms with E-state index in [1.54, 1.807) is 0 Å². The first-order valence-electron chi connectivity index (χ1n) is 7.85. The first-order valence-corrected chi connectivity index (χ1v) is 8.65. The molecule has 6 nitrogen and oxygen atoms in total. The van der Waals surface area contributed by atoms with E-state index in [0.717, 1.165) is 16.2 Å². The van der Waals surface area contributed by atoms with E-state index in [1.807, 2.05) is 30.3 Å². The molecule has 134 valence electrons. The van der Waals surface area contributed by atoms with Crippen LogP contribution in [0.15, 0.2) is 57.9 Å². The predicted octanol–water partition coefficient (Wildman–Crippen LogP) is 3.07. The van der Waals surface area contributed by atoms with E-state index in [0.29, 0.717) is 17.8 Å². The molecule has 26 heavy (non-hydrogen) atoms. The summed E-state index contributed by atoms with van der Waals surface area (Å²) in [6.07, 6.45) is 0.854. The number of nitrogens with one attached hydrogen (secondary N) is 1. The molecule has 0 radical (unpaired) electrons. The van der Waals surface area contributed by atoms with Crippen LogP contribution in [0.2, 0.25) is 0 Å². The van der Waals surface area contributed by atoms with Crippen LogP contribution in [0.5, 0.6) is 0 Å². The van der Waals surface area contributed by atoms with Gasteiger partial charge in [-0.2, -0.15) is 0 Å². The van der Waals surface area contributed by atoms with Crippen molar-refractivity contribution < 1.29 is 13.9 Å². The molecule has 0 aliphatic heterocycles. The fourth-order valence-corrected chi connectivity index (χ4v) is 2.84. The molecule has 0 aliphatic carbocycles. The average molecular weight is 420 g/mol. The molecule has 0 aliphatic rings. The molecule has 0 bridgehead atoms. The van der Waals surface area contributed by atoms with Gasteiger partial charge in [0.25, 0.3) is 5.56 Å². The number of pyridine rings is 1. The van der Waals surface area contributed by atoms with Gasteiger partial charge in [-0.1, -0.05) is 30.3 Å². The molecule has 0 atom stereocenters. The first-order chi connectivity index (χ1) is 12.5. The van der Waals surface area contributed by atoms with E-state index in [1.165, 1.54) is 12.1 Å². The molecule has 2 heterocycles. The minimum atomic E-state index is -0.551. The number of rotatable bonds is 5. The Morgan fingerprint density at radius 3 is 2.77 bits per heavy atom. The van der Waals surface area contributed by atoms with Gasteiger partial charge < -0.3 is 10.1 Å². The maximum atomic E-state index is 13.3. The number of nitrogens with zero attached hydrogens (tertiary/aromatic N) is 2. The van der Waals surface area contributed by atoms with Crippen LogP contribution in [-0.4, -0.2) is 22.0 Å². The van der Waals surface area contributed by atoms with Crippen LogP contribution < -0.4 is 10.9 Å². The zero-order valence-corrected chi connectivity index (χ0v) is 15.2. The van der Waals surface area contributed by atoms with E-state index in [2.05, 4.69) is 26.2 Å². The summed E-state index contributed by atoms with van der Waals surface area (Å²) in [5, 5.41) is 2.61. The van der Waals surface area contributed by atoms with Crippen molar-refractivity contribution in [2.75, 3.05) is 6.54 Å². The van der Waals surface area contributed by atoms with Crippen molar-refractivity contribution in [1.82, 2.24) is 14.7 Å². The van der Waals surface area contributed by atoms with E-state index < -0.39 is 17.5 Å². The lowest BCUT2D eigenvalue weighted by Crippen LogP contribution is -2.27. The van der Waals surface area contributed by atoms with Gasteiger partial charge in [0.15, 0.2) is 0 Å². The SMILES string of the molecule is O=C(NCCc1nc2ccc(F)cn2c(=O)c1Br)OCc1ccccc1. The van der Waals surface area contributed by atoms with Gasteiger partial charge in [-0.25, -0.2) is 14.2 Å². The van der Waals surface area contributed by atoms with Crippen molar-refractivity contribution in [2.24, 2.45) is 0 Å². The van der Waals surface area contributed by atoms with Gasteiger partial charge >= 0.3 is 6.09 Å². The quantitative estimate of drug-likeness (QED) is 0.689. The number of fused-ring (bicyclic) bond motifs is 1. The normalized spacial score (nSPS) is 10.7. The van der Waals surface area contributed by atoms with Gasteiger partial charge in [-0.3, -0.25) is 9.20 Å². The third-order valence-electron chi connectivity index (χ3n) is 3.64. The Kier molecular flexibility index (Phi) is 5.62. The topological polar surface area (TPSA) is 72.7 Å². The summed E-state index contributed by atoms with van der Waals surface area (Å²) >= 11 is 3.19. The molecule has 1 amide bonds. The van der Waals surface area contributed by atoms with Gasteiger partial charge in [0, 0.05) is 19.2 Å². The second kappa shape index (κ2) is 8.09. The Labute approximate surface area is 156 Å². The highest BCUT2D eigenvalue weighted by molar-refractivity contribution is 9.10. The molecule has 0 spiro atoms. The highest BCUT2D eigenvalue weighted by Crippen LogP contribution is 2.12. The number of carbonyl (C=O) groups excluding carboxylic acids is 1. The van der Waals surface area contributed by atoms with Crippen LogP contribution in [0.4, 0.5) is 9.18 Å². The smallest absolute Gasteiger partial charge is 0.407 e. The molecule has 1 aromatic carbocycles. The molecular formula is C18H15BrFN3O3. The Morgan fingerprint density at radius 2 is 2.00 bits per heavy atom. The van der Waals surface area contributed by atoms with Gasteiger partial charge in [-0.05, 0) is 33.6 Å². The van der Waals surface area contributed by atoms with Crippen molar-refractivity contribution in [2.45, 2.75) is 13.0 Å². The van der Waals surface area contributed by atoms with Crippen LogP contribution in [0.3, 0.4) is 0 Å². The standard InChI is InChI=1S/C18H15BrFN3O3/c19-16-14(22-15-7-6-13(20)10-23(15)17(16)24)8-9-21-18(25)26-11-12-4-2-1-3-5-12/h1-7,10H,8-9,11H2,(H,21,25). The van der Waals surface area contributed by atoms with Crippen molar-refractivity contribution in [3.05, 3.63) is 80.6 Å². The lowest BCUT2D eigenvalue weighted by molar-refractivity contribution is 0.140. The summed E-state index contributed by atoms with van der Waals surface area (Å²) in [5.41, 5.74) is 1.30. The number of alkyl carbamates (subject to hydrolysis) is 1. The van der Waals surface area contributed by atoms with Crippen molar-refractivity contribution in [3.63, 3.8) is 0 Å². The largest absolute Gasteiger partial charge is 0.445 e. The maximum absolute atomic E-state index is 13.3. The monoisotopic (exact) mass is 419 g/mol. The third kappa shape index (κ3) is 4.26. The molecule has 3 rings (SSSR count). The summed E-state index contributed by atoms with van der Waals surface area (Å²) in [7, 11) is 0. The van der Waals surface area contributed by atoms with Crippen LogP contribution in [0, 0.1) is 5.82 Å². The molecule has 8 heteroatoms. The third-order valence-corrected chi connectivity index (χ3v) is 4.44. The van der Waals surface area contributed by atoms with Gasteiger partial charge in [-0.15, -0.1) is 0 Å². The Hall–Kier alpha value is -2.74. The Balaban J connectivity index is 1.59. The summed E-state index contributed by atoms with van der Waals surface area (Å²) in [6, 6.07) is 12.0. The van der Waals surface area contributed by atoms with Crippen LogP contribution in [-0.2, 0) is 17.8 Å². The summed E-state index contributed by atoms with van der Waals surface area (Å²) in [6.45, 7) is 0.424. The van der Waals surface area contributed by atoms with E-state index in [4.69, 9.17) is 4.74 Å². The number of carbonyl (C=O) groups is 1. The number of halogens is 2. The molecule has 0 saturated heterocycles. The lowest BCUT2D eigenvalue weighted by Gasteiger charge is -2.09. The predicted molar refractivity (Wildman–Crippen MR) is 97.5 cm³/mol. The van der Waals surface area contributed by atoms with E-state index >= 15 is 0 Å². The first kappa shape index (κ1) is 18.1. The minimum absolute atomic E-state index is 0.178. The number of amides is 1. The fraction of sp³-hybridized carbons (Fsp3) is 0.167. The zero-order valence-electron chi connectivity index (χ0n) is 13.6. The second-order valence-corrected chi connectivity index (χ2v) is 6.28. The van der Waals surface area contributed by atoms with Gasteiger partial charge in [0.2, 0.25) is 0 Å². The average Bonchev–Trinajstić information content (AvgIpc) is 2.65. The fourth-order valence-electron chi connectivity index (χ4n) is 2.36. The Morgan fingerprint density at radius 1 is 1.23 bits per heavy atom. The van der Waals surface area contributed by atoms with Crippen LogP contribution >= 0.6 is 15.9 Å². The van der Waals surface area contributed by atoms with Gasteiger partial charge in [0.05, 0.1) is 5.69 Å². The van der Waals surface area contributed by atoms with Crippen LogP contribution in [0.25, 0.3) is 5.65 Å². The van der Waals surface area contributed by atoms with Crippen molar-refractivity contribution >= 4 is 27.7 Å². The molecule has 1 N–H and O–H groups in total. The molecule has 3 aromatic rings. The van der Waals surface area contributed by atoms with E-state index in [9.17, 15) is 14.0 Å². The zero-order chi connectivity index (χ0) is 18.5. The number of hydrogen-bond acceptors (Lipinski definition) is 4. The van der Waals surface area contributed by atoms with E-state index in [-0.39, 0.29) is 17.6 Å². The summed E-state index contributed by atoms with van der Waals surface area (Å²) in [4.78, 5) is 28.3. The Bertz CT molecular complexity index is 992. The van der Waals surface area contributed by atoms with Crippen LogP contribution in [0.1, 0.15) is 11.3 Å². The number of ether oxygens (including phenoxy) is 1. The highest BCUT2D eigenvalue weighted by atomic mass is 79.9. The highest BCUT2D eigenvalue weighted by Gasteiger charge is 2.11. The molecule has 0 fully saturated rings. The molecule has 0 unspecified atom stereocenters. The number of hydrogen-bond donors (Lipinski definition) is 1.